The molecule has 7 heteroatoms. The van der Waals surface area contributed by atoms with Crippen molar-refractivity contribution in [1.29, 1.82) is 0 Å². The van der Waals surface area contributed by atoms with Crippen molar-refractivity contribution in [3.63, 3.8) is 0 Å². The summed E-state index contributed by atoms with van der Waals surface area (Å²) in [5.41, 5.74) is 0.754. The van der Waals surface area contributed by atoms with Crippen LogP contribution in [-0.2, 0) is 9.47 Å². The minimum absolute atomic E-state index is 0.204. The molecule has 1 aromatic heterocycles. The van der Waals surface area contributed by atoms with Crippen molar-refractivity contribution < 1.29 is 9.47 Å². The Bertz CT molecular complexity index is 632. The zero-order chi connectivity index (χ0) is 14.1. The highest BCUT2D eigenvalue weighted by molar-refractivity contribution is 6.31. The van der Waals surface area contributed by atoms with Gasteiger partial charge in [-0.05, 0) is 29.8 Å². The summed E-state index contributed by atoms with van der Waals surface area (Å²) < 4.78 is 10.9. The quantitative estimate of drug-likeness (QED) is 0.815. The average molecular weight is 314 g/mol. The molecule has 0 radical (unpaired) electrons. The molecule has 0 N–H and O–H groups in total. The van der Waals surface area contributed by atoms with E-state index in [9.17, 15) is 0 Å². The molecule has 0 aliphatic carbocycles. The largest absolute Gasteiger partial charge is 0.354 e. The fraction of sp³-hybridized carbons (Fsp3) is 0.385. The number of aromatic nitrogens is 2. The van der Waals surface area contributed by atoms with Gasteiger partial charge in [0.05, 0.1) is 25.3 Å². The van der Waals surface area contributed by atoms with Crippen LogP contribution in [0.2, 0.25) is 10.3 Å². The lowest BCUT2D eigenvalue weighted by Gasteiger charge is -2.22. The van der Waals surface area contributed by atoms with Crippen LogP contribution in [0.3, 0.4) is 0 Å². The Labute approximate surface area is 126 Å². The Kier molecular flexibility index (Phi) is 3.94. The lowest BCUT2D eigenvalue weighted by Crippen LogP contribution is -2.30. The molecule has 0 atom stereocenters. The monoisotopic (exact) mass is 313 g/mol. The van der Waals surface area contributed by atoms with Gasteiger partial charge in [0.2, 0.25) is 5.28 Å². The number of fused-ring (bicyclic) bond motifs is 1. The third-order valence-corrected chi connectivity index (χ3v) is 3.49. The van der Waals surface area contributed by atoms with Gasteiger partial charge in [-0.25, -0.2) is 4.98 Å². The van der Waals surface area contributed by atoms with E-state index >= 15 is 0 Å². The van der Waals surface area contributed by atoms with E-state index in [2.05, 4.69) is 9.97 Å². The van der Waals surface area contributed by atoms with Gasteiger partial charge in [-0.15, -0.1) is 0 Å². The van der Waals surface area contributed by atoms with Crippen LogP contribution in [0.15, 0.2) is 18.2 Å². The number of hydrogen-bond donors (Lipinski definition) is 0. The molecule has 1 fully saturated rings. The molecule has 1 aliphatic heterocycles. The molecule has 0 saturated carbocycles. The van der Waals surface area contributed by atoms with Crippen molar-refractivity contribution in [3.8, 4) is 0 Å². The van der Waals surface area contributed by atoms with E-state index in [4.69, 9.17) is 32.7 Å². The van der Waals surface area contributed by atoms with E-state index in [1.54, 1.807) is 6.07 Å². The van der Waals surface area contributed by atoms with Crippen LogP contribution in [0, 0.1) is 0 Å². The Hall–Kier alpha value is -1.14. The number of anilines is 1. The molecular formula is C13H13Cl2N3O2. The van der Waals surface area contributed by atoms with E-state index < -0.39 is 0 Å². The van der Waals surface area contributed by atoms with Crippen LogP contribution in [0.4, 0.5) is 5.82 Å². The third kappa shape index (κ3) is 2.81. The van der Waals surface area contributed by atoms with Crippen LogP contribution in [0.25, 0.3) is 10.9 Å². The normalized spacial score (nSPS) is 15.9. The van der Waals surface area contributed by atoms with Gasteiger partial charge < -0.3 is 14.4 Å². The number of likely N-dealkylation sites (N-methyl/N-ethyl adjacent to an activating group) is 1. The first-order chi connectivity index (χ1) is 9.63. The fourth-order valence-corrected chi connectivity index (χ4v) is 2.51. The number of halogens is 2. The molecule has 2 aromatic rings. The summed E-state index contributed by atoms with van der Waals surface area (Å²) in [5, 5.41) is 1.68. The number of rotatable bonds is 3. The highest BCUT2D eigenvalue weighted by Gasteiger charge is 2.20. The summed E-state index contributed by atoms with van der Waals surface area (Å²) in [5.74, 6) is 0.710. The average Bonchev–Trinajstić information content (AvgIpc) is 2.91. The predicted octanol–water partition coefficient (Wildman–Crippen LogP) is 2.75. The van der Waals surface area contributed by atoms with Crippen molar-refractivity contribution >= 4 is 39.9 Å². The minimum Gasteiger partial charge on any atom is -0.354 e. The van der Waals surface area contributed by atoms with Crippen LogP contribution < -0.4 is 4.90 Å². The van der Waals surface area contributed by atoms with Crippen LogP contribution >= 0.6 is 23.2 Å². The topological polar surface area (TPSA) is 47.5 Å². The molecule has 1 aromatic carbocycles. The Morgan fingerprint density at radius 2 is 2.00 bits per heavy atom. The van der Waals surface area contributed by atoms with Crippen molar-refractivity contribution in [3.05, 3.63) is 28.5 Å². The van der Waals surface area contributed by atoms with Crippen LogP contribution in [-0.4, -0.2) is 43.1 Å². The predicted molar refractivity (Wildman–Crippen MR) is 78.5 cm³/mol. The van der Waals surface area contributed by atoms with Gasteiger partial charge in [0.15, 0.2) is 6.29 Å². The first-order valence-electron chi connectivity index (χ1n) is 6.20. The maximum absolute atomic E-state index is 6.05. The maximum Gasteiger partial charge on any atom is 0.224 e. The standard InChI is InChI=1S/C13H13Cl2N3O2/c1-18(7-11-19-4-5-20-11)12-9-6-8(14)2-3-10(9)16-13(15)17-12/h2-3,6,11H,4-5,7H2,1H3. The van der Waals surface area contributed by atoms with E-state index in [1.165, 1.54) is 0 Å². The van der Waals surface area contributed by atoms with E-state index in [-0.39, 0.29) is 11.6 Å². The summed E-state index contributed by atoms with van der Waals surface area (Å²) in [6.45, 7) is 1.81. The van der Waals surface area contributed by atoms with Gasteiger partial charge in [0.1, 0.15) is 5.82 Å². The molecular weight excluding hydrogens is 301 g/mol. The van der Waals surface area contributed by atoms with Crippen molar-refractivity contribution in [2.45, 2.75) is 6.29 Å². The van der Waals surface area contributed by atoms with Gasteiger partial charge >= 0.3 is 0 Å². The molecule has 0 amide bonds. The van der Waals surface area contributed by atoms with Crippen molar-refractivity contribution in [1.82, 2.24) is 9.97 Å². The Morgan fingerprint density at radius 3 is 2.75 bits per heavy atom. The third-order valence-electron chi connectivity index (χ3n) is 3.09. The highest BCUT2D eigenvalue weighted by atomic mass is 35.5. The van der Waals surface area contributed by atoms with Crippen LogP contribution in [0.1, 0.15) is 0 Å². The van der Waals surface area contributed by atoms with Gasteiger partial charge in [-0.3, -0.25) is 0 Å². The second kappa shape index (κ2) is 5.69. The molecule has 106 valence electrons. The molecule has 2 heterocycles. The molecule has 20 heavy (non-hydrogen) atoms. The van der Waals surface area contributed by atoms with Gasteiger partial charge in [0, 0.05) is 17.5 Å². The molecule has 1 saturated heterocycles. The first-order valence-corrected chi connectivity index (χ1v) is 6.96. The van der Waals surface area contributed by atoms with Crippen LogP contribution in [0.5, 0.6) is 0 Å². The summed E-state index contributed by atoms with van der Waals surface area (Å²) >= 11 is 12.0. The molecule has 5 nitrogen and oxygen atoms in total. The van der Waals surface area contributed by atoms with E-state index in [0.29, 0.717) is 30.6 Å². The Balaban J connectivity index is 1.97. The highest BCUT2D eigenvalue weighted by Crippen LogP contribution is 2.27. The van der Waals surface area contributed by atoms with E-state index in [0.717, 1.165) is 10.9 Å². The molecule has 0 unspecified atom stereocenters. The molecule has 0 spiro atoms. The zero-order valence-electron chi connectivity index (χ0n) is 10.8. The van der Waals surface area contributed by atoms with E-state index in [1.807, 2.05) is 24.1 Å². The minimum atomic E-state index is -0.247. The van der Waals surface area contributed by atoms with Crippen molar-refractivity contribution in [2.24, 2.45) is 0 Å². The number of nitrogens with zero attached hydrogens (tertiary/aromatic N) is 3. The molecule has 0 bridgehead atoms. The summed E-state index contributed by atoms with van der Waals surface area (Å²) in [4.78, 5) is 10.4. The lowest BCUT2D eigenvalue weighted by molar-refractivity contribution is -0.0336. The summed E-state index contributed by atoms with van der Waals surface area (Å²) in [6.07, 6.45) is -0.247. The zero-order valence-corrected chi connectivity index (χ0v) is 12.4. The fourth-order valence-electron chi connectivity index (χ4n) is 2.17. The number of benzene rings is 1. The second-order valence-electron chi connectivity index (χ2n) is 4.53. The van der Waals surface area contributed by atoms with Crippen molar-refractivity contribution in [2.75, 3.05) is 31.7 Å². The lowest BCUT2D eigenvalue weighted by atomic mass is 10.2. The molecule has 1 aliphatic rings. The van der Waals surface area contributed by atoms with Gasteiger partial charge in [0.25, 0.3) is 0 Å². The maximum atomic E-state index is 6.05. The summed E-state index contributed by atoms with van der Waals surface area (Å²) in [6, 6.07) is 5.43. The second-order valence-corrected chi connectivity index (χ2v) is 5.30. The Morgan fingerprint density at radius 1 is 1.25 bits per heavy atom. The summed E-state index contributed by atoms with van der Waals surface area (Å²) in [7, 11) is 1.91. The number of ether oxygens (including phenoxy) is 2. The van der Waals surface area contributed by atoms with Gasteiger partial charge in [-0.1, -0.05) is 11.6 Å². The SMILES string of the molecule is CN(CC1OCCO1)c1nc(Cl)nc2ccc(Cl)cc12. The molecule has 3 rings (SSSR count). The number of hydrogen-bond acceptors (Lipinski definition) is 5. The van der Waals surface area contributed by atoms with Gasteiger partial charge in [-0.2, -0.15) is 4.98 Å². The smallest absolute Gasteiger partial charge is 0.224 e. The first kappa shape index (κ1) is 13.8.